The molecule has 0 radical (unpaired) electrons. The molecule has 0 saturated heterocycles. The fourth-order valence-corrected chi connectivity index (χ4v) is 4.64. The molecule has 162 valence electrons. The highest BCUT2D eigenvalue weighted by molar-refractivity contribution is 6.30. The maximum atomic E-state index is 14.0. The molecule has 2 atom stereocenters. The predicted molar refractivity (Wildman–Crippen MR) is 120 cm³/mol. The summed E-state index contributed by atoms with van der Waals surface area (Å²) in [6, 6.07) is 13.6. The molecule has 2 aliphatic heterocycles. The normalized spacial score (nSPS) is 22.0. The number of aromatic nitrogens is 1. The van der Waals surface area contributed by atoms with E-state index in [2.05, 4.69) is 9.98 Å². The zero-order chi connectivity index (χ0) is 22.5. The van der Waals surface area contributed by atoms with Crippen molar-refractivity contribution >= 4 is 23.5 Å². The minimum Gasteiger partial charge on any atom is -0.490 e. The van der Waals surface area contributed by atoms with Crippen molar-refractivity contribution in [3.05, 3.63) is 82.9 Å². The second kappa shape index (κ2) is 7.60. The summed E-state index contributed by atoms with van der Waals surface area (Å²) in [5, 5.41) is 0.292. The number of guanidine groups is 1. The van der Waals surface area contributed by atoms with Crippen LogP contribution in [0, 0.1) is 5.82 Å². The molecule has 2 aromatic carbocycles. The number of hydrogen-bond donors (Lipinski definition) is 1. The second-order valence-corrected chi connectivity index (χ2v) is 8.50. The second-order valence-electron chi connectivity index (χ2n) is 8.07. The van der Waals surface area contributed by atoms with Crippen LogP contribution in [0.2, 0.25) is 5.02 Å². The number of nitrogens with two attached hydrogens (primary N) is 1. The number of nitrogens with zero attached hydrogens (tertiary/aromatic N) is 3. The summed E-state index contributed by atoms with van der Waals surface area (Å²) in [7, 11) is 1.61. The molecule has 1 unspecified atom stereocenters. The van der Waals surface area contributed by atoms with E-state index in [4.69, 9.17) is 22.1 Å². The van der Waals surface area contributed by atoms with Crippen LogP contribution in [0.25, 0.3) is 11.1 Å². The van der Waals surface area contributed by atoms with Crippen LogP contribution in [0.4, 0.5) is 4.39 Å². The van der Waals surface area contributed by atoms with Gasteiger partial charge in [-0.15, -0.1) is 0 Å². The molecular weight excluding hydrogens is 431 g/mol. The van der Waals surface area contributed by atoms with Gasteiger partial charge in [-0.2, -0.15) is 0 Å². The first-order valence-corrected chi connectivity index (χ1v) is 10.5. The van der Waals surface area contributed by atoms with Gasteiger partial charge >= 0.3 is 0 Å². The molecule has 2 aliphatic rings. The number of rotatable bonds is 3. The zero-order valence-electron chi connectivity index (χ0n) is 17.3. The number of carbonyl (C=O) groups excluding carboxylic acids is 1. The van der Waals surface area contributed by atoms with Crippen LogP contribution in [-0.2, 0) is 16.8 Å². The van der Waals surface area contributed by atoms with Crippen LogP contribution >= 0.6 is 11.6 Å². The maximum Gasteiger partial charge on any atom is 0.261 e. The third-order valence-electron chi connectivity index (χ3n) is 5.96. The maximum absolute atomic E-state index is 14.0. The highest BCUT2D eigenvalue weighted by Crippen LogP contribution is 2.47. The number of fused-ring (bicyclic) bond motifs is 2. The van der Waals surface area contributed by atoms with Gasteiger partial charge in [-0.25, -0.2) is 9.38 Å². The molecule has 5 rings (SSSR count). The number of hydrogen-bond acceptors (Lipinski definition) is 5. The van der Waals surface area contributed by atoms with Gasteiger partial charge in [0.25, 0.3) is 5.91 Å². The first kappa shape index (κ1) is 20.5. The summed E-state index contributed by atoms with van der Waals surface area (Å²) >= 11 is 6.05. The average Bonchev–Trinajstić information content (AvgIpc) is 2.97. The molecule has 1 aromatic heterocycles. The lowest BCUT2D eigenvalue weighted by Crippen LogP contribution is -2.46. The lowest BCUT2D eigenvalue weighted by atomic mass is 9.79. The average molecular weight is 451 g/mol. The molecule has 0 aliphatic carbocycles. The van der Waals surface area contributed by atoms with Crippen LogP contribution in [0.3, 0.4) is 0 Å². The fourth-order valence-electron chi connectivity index (χ4n) is 4.42. The van der Waals surface area contributed by atoms with Gasteiger partial charge < -0.3 is 10.5 Å². The number of amides is 1. The molecule has 3 aromatic rings. The molecular formula is C24H20ClFN4O2. The minimum absolute atomic E-state index is 0.157. The molecule has 1 spiro atoms. The molecule has 1 amide bonds. The Labute approximate surface area is 189 Å². The van der Waals surface area contributed by atoms with Gasteiger partial charge in [0.1, 0.15) is 17.7 Å². The molecule has 3 heterocycles. The van der Waals surface area contributed by atoms with Crippen molar-refractivity contribution in [2.24, 2.45) is 10.7 Å². The fraction of sp³-hybridized carbons (Fsp3) is 0.208. The molecule has 0 bridgehead atoms. The Morgan fingerprint density at radius 3 is 2.66 bits per heavy atom. The van der Waals surface area contributed by atoms with E-state index in [0.717, 1.165) is 5.56 Å². The van der Waals surface area contributed by atoms with E-state index in [1.165, 1.54) is 17.0 Å². The van der Waals surface area contributed by atoms with Gasteiger partial charge in [0.15, 0.2) is 11.5 Å². The zero-order valence-corrected chi connectivity index (χ0v) is 18.0. The van der Waals surface area contributed by atoms with E-state index in [-0.39, 0.29) is 18.0 Å². The number of benzene rings is 2. The van der Waals surface area contributed by atoms with Crippen molar-refractivity contribution in [3.8, 4) is 16.9 Å². The van der Waals surface area contributed by atoms with E-state index in [0.29, 0.717) is 40.3 Å². The first-order valence-electron chi connectivity index (χ1n) is 10.2. The van der Waals surface area contributed by atoms with E-state index in [1.807, 2.05) is 24.3 Å². The molecule has 32 heavy (non-hydrogen) atoms. The van der Waals surface area contributed by atoms with Crippen LogP contribution in [-0.4, -0.2) is 34.9 Å². The Hall–Kier alpha value is -3.45. The third-order valence-corrected chi connectivity index (χ3v) is 6.18. The number of aliphatic imine (C=N–C) groups is 1. The van der Waals surface area contributed by atoms with Crippen molar-refractivity contribution in [3.63, 3.8) is 0 Å². The topological polar surface area (TPSA) is 80.8 Å². The number of halogens is 2. The molecule has 0 fully saturated rings. The summed E-state index contributed by atoms with van der Waals surface area (Å²) in [6.45, 7) is 0. The largest absolute Gasteiger partial charge is 0.490 e. The van der Waals surface area contributed by atoms with Crippen LogP contribution in [0.1, 0.15) is 17.5 Å². The van der Waals surface area contributed by atoms with E-state index in [9.17, 15) is 9.18 Å². The van der Waals surface area contributed by atoms with Crippen molar-refractivity contribution in [1.29, 1.82) is 0 Å². The number of likely N-dealkylation sites (N-methyl/N-ethyl adjacent to an activating group) is 1. The Morgan fingerprint density at radius 1 is 1.19 bits per heavy atom. The van der Waals surface area contributed by atoms with Gasteiger partial charge in [-0.3, -0.25) is 14.7 Å². The van der Waals surface area contributed by atoms with E-state index >= 15 is 0 Å². The molecule has 6 nitrogen and oxygen atoms in total. The molecule has 0 saturated carbocycles. The summed E-state index contributed by atoms with van der Waals surface area (Å²) in [6.07, 6.45) is 4.09. The van der Waals surface area contributed by atoms with Crippen LogP contribution in [0.5, 0.6) is 5.75 Å². The predicted octanol–water partition coefficient (Wildman–Crippen LogP) is 3.92. The van der Waals surface area contributed by atoms with Crippen LogP contribution in [0.15, 0.2) is 65.9 Å². The Morgan fingerprint density at radius 2 is 1.97 bits per heavy atom. The third kappa shape index (κ3) is 3.39. The van der Waals surface area contributed by atoms with Gasteiger partial charge in [-0.05, 0) is 59.2 Å². The van der Waals surface area contributed by atoms with Gasteiger partial charge in [0.05, 0.1) is 0 Å². The van der Waals surface area contributed by atoms with Crippen molar-refractivity contribution in [1.82, 2.24) is 9.88 Å². The number of ether oxygens (including phenoxy) is 1. The first-order chi connectivity index (χ1) is 15.4. The smallest absolute Gasteiger partial charge is 0.261 e. The monoisotopic (exact) mass is 450 g/mol. The van der Waals surface area contributed by atoms with E-state index in [1.54, 1.807) is 31.6 Å². The highest BCUT2D eigenvalue weighted by atomic mass is 35.5. The summed E-state index contributed by atoms with van der Waals surface area (Å²) in [5.41, 5.74) is 7.82. The van der Waals surface area contributed by atoms with Crippen molar-refractivity contribution in [2.45, 2.75) is 24.5 Å². The molecule has 8 heteroatoms. The van der Waals surface area contributed by atoms with Gasteiger partial charge in [0.2, 0.25) is 0 Å². The van der Waals surface area contributed by atoms with Crippen molar-refractivity contribution < 1.29 is 13.9 Å². The summed E-state index contributed by atoms with van der Waals surface area (Å²) in [5.74, 6) is 0.0627. The quantitative estimate of drug-likeness (QED) is 0.655. The lowest BCUT2D eigenvalue weighted by Gasteiger charge is -2.37. The summed E-state index contributed by atoms with van der Waals surface area (Å²) < 4.78 is 20.2. The lowest BCUT2D eigenvalue weighted by molar-refractivity contribution is -0.132. The number of carbonyl (C=O) groups is 1. The SMILES string of the molecule is CN1C(=O)[C@]2(CC(Cc3ccncc3)Oc3ccc(-c4cc(F)cc(Cl)c4)cc32)N=C1N. The van der Waals surface area contributed by atoms with Gasteiger partial charge in [-0.1, -0.05) is 17.7 Å². The van der Waals surface area contributed by atoms with Crippen molar-refractivity contribution in [2.75, 3.05) is 7.05 Å². The minimum atomic E-state index is -1.20. The Kier molecular flexibility index (Phi) is 4.86. The Balaban J connectivity index is 1.61. The standard InChI is InChI=1S/C24H20ClFN4O2/c1-30-22(31)24(29-23(30)27)13-19(8-14-4-6-28-7-5-14)32-21-3-2-15(11-20(21)24)16-9-17(25)12-18(26)10-16/h2-7,9-12,19H,8,13H2,1H3,(H2,27,29)/t19?,24-/m1/s1. The highest BCUT2D eigenvalue weighted by Gasteiger charge is 2.53. The molecule has 2 N–H and O–H groups in total. The van der Waals surface area contributed by atoms with Gasteiger partial charge in [0, 0.05) is 42.9 Å². The van der Waals surface area contributed by atoms with E-state index < -0.39 is 11.4 Å². The summed E-state index contributed by atoms with van der Waals surface area (Å²) in [4.78, 5) is 23.4. The number of pyridine rings is 1. The van der Waals surface area contributed by atoms with Crippen LogP contribution < -0.4 is 10.5 Å². The Bertz CT molecular complexity index is 1230.